The third kappa shape index (κ3) is 2.44. The van der Waals surface area contributed by atoms with Gasteiger partial charge in [0.1, 0.15) is 0 Å². The number of hydrogen-bond acceptors (Lipinski definition) is 3. The first-order valence-corrected chi connectivity index (χ1v) is 9.22. The third-order valence-corrected chi connectivity index (χ3v) is 5.74. The number of unbranched alkanes of at least 4 members (excludes halogenated alkanes) is 1. The fraction of sp³-hybridized carbons (Fsp3) is 0.364. The number of fused-ring (bicyclic) bond motifs is 1. The smallest absolute Gasteiger partial charge is 0.310 e. The standard InChI is InChI=1S/C22H22O4/c1-2-3-12-26-22(25)20-18-15-10-6-4-8-13(15)17(19(20)21(23)24)14-9-5-7-11-16(14)18/h4-11,17-20H,2-3,12H2,1H3,(H,23,24)/t17?,18?,19-,20-/m1/s1. The number of carbonyl (C=O) groups is 2. The molecule has 2 atom stereocenters. The minimum Gasteiger partial charge on any atom is -0.481 e. The number of ether oxygens (including phenoxy) is 1. The Morgan fingerprint density at radius 3 is 1.77 bits per heavy atom. The molecule has 0 heterocycles. The number of hydrogen-bond donors (Lipinski definition) is 1. The van der Waals surface area contributed by atoms with Crippen LogP contribution in [0.15, 0.2) is 48.5 Å². The number of carboxylic acid groups (broad SMARTS) is 1. The van der Waals surface area contributed by atoms with E-state index in [1.165, 1.54) is 0 Å². The van der Waals surface area contributed by atoms with Gasteiger partial charge < -0.3 is 9.84 Å². The van der Waals surface area contributed by atoms with Gasteiger partial charge in [0, 0.05) is 11.8 Å². The average Bonchev–Trinajstić information content (AvgIpc) is 2.67. The molecule has 26 heavy (non-hydrogen) atoms. The molecule has 0 unspecified atom stereocenters. The summed E-state index contributed by atoms with van der Waals surface area (Å²) < 4.78 is 5.48. The lowest BCUT2D eigenvalue weighted by Crippen LogP contribution is -2.47. The summed E-state index contributed by atoms with van der Waals surface area (Å²) in [6.07, 6.45) is 1.72. The van der Waals surface area contributed by atoms with Gasteiger partial charge in [0.2, 0.25) is 0 Å². The molecular formula is C22H22O4. The Hall–Kier alpha value is -2.62. The van der Waals surface area contributed by atoms with Crippen LogP contribution >= 0.6 is 0 Å². The van der Waals surface area contributed by atoms with Crippen molar-refractivity contribution in [1.82, 2.24) is 0 Å². The molecule has 134 valence electrons. The van der Waals surface area contributed by atoms with Crippen LogP contribution in [-0.2, 0) is 14.3 Å². The summed E-state index contributed by atoms with van der Waals surface area (Å²) in [5.74, 6) is -3.36. The second-order valence-electron chi connectivity index (χ2n) is 7.12. The molecule has 3 aliphatic carbocycles. The lowest BCUT2D eigenvalue weighted by atomic mass is 9.54. The van der Waals surface area contributed by atoms with E-state index >= 15 is 0 Å². The van der Waals surface area contributed by atoms with Crippen molar-refractivity contribution in [1.29, 1.82) is 0 Å². The van der Waals surface area contributed by atoms with Crippen LogP contribution in [0.1, 0.15) is 53.9 Å². The number of benzene rings is 2. The van der Waals surface area contributed by atoms with E-state index in [2.05, 4.69) is 0 Å². The molecule has 0 fully saturated rings. The molecule has 0 radical (unpaired) electrons. The van der Waals surface area contributed by atoms with Gasteiger partial charge in [-0.1, -0.05) is 61.9 Å². The van der Waals surface area contributed by atoms with Crippen LogP contribution in [0.25, 0.3) is 0 Å². The molecule has 4 heteroatoms. The molecule has 5 rings (SSSR count). The van der Waals surface area contributed by atoms with Gasteiger partial charge in [-0.3, -0.25) is 9.59 Å². The van der Waals surface area contributed by atoms with Crippen molar-refractivity contribution in [3.05, 3.63) is 70.8 Å². The Balaban J connectivity index is 1.85. The van der Waals surface area contributed by atoms with E-state index in [0.29, 0.717) is 6.61 Å². The van der Waals surface area contributed by atoms with Gasteiger partial charge in [0.15, 0.2) is 0 Å². The van der Waals surface area contributed by atoms with Crippen molar-refractivity contribution in [3.8, 4) is 0 Å². The summed E-state index contributed by atoms with van der Waals surface area (Å²) in [4.78, 5) is 25.1. The Morgan fingerprint density at radius 1 is 0.885 bits per heavy atom. The van der Waals surface area contributed by atoms with E-state index in [9.17, 15) is 14.7 Å². The SMILES string of the molecule is CCCCOC(=O)[C@@H]1C2c3ccccc3C(c3ccccc32)[C@H]1C(=O)O. The molecule has 3 aliphatic rings. The maximum atomic E-state index is 12.9. The van der Waals surface area contributed by atoms with Crippen molar-refractivity contribution < 1.29 is 19.4 Å². The van der Waals surface area contributed by atoms with Crippen molar-refractivity contribution in [2.45, 2.75) is 31.6 Å². The van der Waals surface area contributed by atoms with E-state index in [1.807, 2.05) is 55.5 Å². The summed E-state index contributed by atoms with van der Waals surface area (Å²) >= 11 is 0. The van der Waals surface area contributed by atoms with E-state index < -0.39 is 17.8 Å². The maximum absolute atomic E-state index is 12.9. The average molecular weight is 350 g/mol. The molecule has 0 aliphatic heterocycles. The van der Waals surface area contributed by atoms with Crippen LogP contribution in [0.5, 0.6) is 0 Å². The number of aliphatic carboxylic acids is 1. The highest BCUT2D eigenvalue weighted by molar-refractivity contribution is 5.87. The Morgan fingerprint density at radius 2 is 1.35 bits per heavy atom. The van der Waals surface area contributed by atoms with Crippen LogP contribution in [0, 0.1) is 11.8 Å². The van der Waals surface area contributed by atoms with Gasteiger partial charge in [0.05, 0.1) is 18.4 Å². The van der Waals surface area contributed by atoms with Crippen LogP contribution in [0.3, 0.4) is 0 Å². The highest BCUT2D eigenvalue weighted by Crippen LogP contribution is 2.58. The fourth-order valence-electron chi connectivity index (χ4n) is 4.67. The predicted octanol–water partition coefficient (Wildman–Crippen LogP) is 3.94. The Bertz CT molecular complexity index is 809. The van der Waals surface area contributed by atoms with Crippen molar-refractivity contribution in [2.24, 2.45) is 11.8 Å². The minimum atomic E-state index is -0.929. The highest BCUT2D eigenvalue weighted by atomic mass is 16.5. The van der Waals surface area contributed by atoms with Crippen molar-refractivity contribution in [3.63, 3.8) is 0 Å². The number of rotatable bonds is 5. The predicted molar refractivity (Wildman–Crippen MR) is 97.1 cm³/mol. The summed E-state index contributed by atoms with van der Waals surface area (Å²) in [6, 6.07) is 15.8. The number of carboxylic acids is 1. The fourth-order valence-corrected chi connectivity index (χ4v) is 4.67. The van der Waals surface area contributed by atoms with Gasteiger partial charge in [-0.25, -0.2) is 0 Å². The molecule has 0 aromatic heterocycles. The van der Waals surface area contributed by atoms with E-state index in [0.717, 1.165) is 35.1 Å². The zero-order valence-electron chi connectivity index (χ0n) is 14.7. The molecule has 2 aromatic rings. The first kappa shape index (κ1) is 16.8. The van der Waals surface area contributed by atoms with Gasteiger partial charge in [0.25, 0.3) is 0 Å². The molecule has 2 aromatic carbocycles. The van der Waals surface area contributed by atoms with E-state index in [-0.39, 0.29) is 17.8 Å². The summed E-state index contributed by atoms with van der Waals surface area (Å²) in [5, 5.41) is 9.99. The molecule has 0 saturated carbocycles. The molecular weight excluding hydrogens is 328 g/mol. The number of esters is 1. The van der Waals surface area contributed by atoms with E-state index in [1.54, 1.807) is 0 Å². The van der Waals surface area contributed by atoms with Gasteiger partial charge >= 0.3 is 11.9 Å². The normalized spacial score (nSPS) is 25.3. The monoisotopic (exact) mass is 350 g/mol. The second-order valence-corrected chi connectivity index (χ2v) is 7.12. The third-order valence-electron chi connectivity index (χ3n) is 5.74. The lowest BCUT2D eigenvalue weighted by molar-refractivity contribution is -0.160. The molecule has 0 saturated heterocycles. The van der Waals surface area contributed by atoms with Gasteiger partial charge in [-0.2, -0.15) is 0 Å². The largest absolute Gasteiger partial charge is 0.481 e. The van der Waals surface area contributed by atoms with Crippen LogP contribution in [0.4, 0.5) is 0 Å². The molecule has 2 bridgehead atoms. The quantitative estimate of drug-likeness (QED) is 0.655. The molecule has 0 amide bonds. The molecule has 1 N–H and O–H groups in total. The van der Waals surface area contributed by atoms with Gasteiger partial charge in [-0.05, 0) is 28.7 Å². The van der Waals surface area contributed by atoms with Crippen LogP contribution in [-0.4, -0.2) is 23.7 Å². The minimum absolute atomic E-state index is 0.261. The summed E-state index contributed by atoms with van der Waals surface area (Å²) in [5.41, 5.74) is 4.18. The van der Waals surface area contributed by atoms with Crippen LogP contribution in [0.2, 0.25) is 0 Å². The van der Waals surface area contributed by atoms with Crippen LogP contribution < -0.4 is 0 Å². The van der Waals surface area contributed by atoms with E-state index in [4.69, 9.17) is 4.74 Å². The summed E-state index contributed by atoms with van der Waals surface area (Å²) in [6.45, 7) is 2.38. The highest BCUT2D eigenvalue weighted by Gasteiger charge is 2.55. The molecule has 0 spiro atoms. The lowest BCUT2D eigenvalue weighted by Gasteiger charge is -2.47. The second kappa shape index (κ2) is 6.60. The number of carbonyl (C=O) groups excluding carboxylic acids is 1. The van der Waals surface area contributed by atoms with Gasteiger partial charge in [-0.15, -0.1) is 0 Å². The topological polar surface area (TPSA) is 63.6 Å². The zero-order chi connectivity index (χ0) is 18.3. The zero-order valence-corrected chi connectivity index (χ0v) is 14.7. The molecule has 4 nitrogen and oxygen atoms in total. The van der Waals surface area contributed by atoms with Crippen molar-refractivity contribution >= 4 is 11.9 Å². The first-order chi connectivity index (χ1) is 12.6. The Kier molecular flexibility index (Phi) is 4.27. The Labute approximate surface area is 152 Å². The first-order valence-electron chi connectivity index (χ1n) is 9.22. The van der Waals surface area contributed by atoms with Crippen molar-refractivity contribution in [2.75, 3.05) is 6.61 Å². The summed E-state index contributed by atoms with van der Waals surface area (Å²) in [7, 11) is 0. The maximum Gasteiger partial charge on any atom is 0.310 e.